The first-order valence-corrected chi connectivity index (χ1v) is 11.9. The SMILES string of the molecule is CC(C)c1ccc(S(=O)(=O)N2CCC(c3nc(-c4cccc(Cl)c4)no3)CC2)cc1. The maximum absolute atomic E-state index is 13.0. The molecule has 0 saturated carbocycles. The number of halogens is 1. The van der Waals surface area contributed by atoms with Gasteiger partial charge in [0.1, 0.15) is 0 Å². The topological polar surface area (TPSA) is 76.3 Å². The lowest BCUT2D eigenvalue weighted by Crippen LogP contribution is -2.37. The fourth-order valence-corrected chi connectivity index (χ4v) is 5.32. The summed E-state index contributed by atoms with van der Waals surface area (Å²) < 4.78 is 33.0. The largest absolute Gasteiger partial charge is 0.339 e. The van der Waals surface area contributed by atoms with Gasteiger partial charge in [0.15, 0.2) is 0 Å². The van der Waals surface area contributed by atoms with E-state index in [4.69, 9.17) is 16.1 Å². The molecule has 1 aliphatic rings. The number of sulfonamides is 1. The third kappa shape index (κ3) is 4.29. The van der Waals surface area contributed by atoms with Crippen molar-refractivity contribution >= 4 is 21.6 Å². The van der Waals surface area contributed by atoms with E-state index in [0.717, 1.165) is 11.1 Å². The van der Waals surface area contributed by atoms with Crippen molar-refractivity contribution in [2.45, 2.75) is 43.4 Å². The molecule has 1 fully saturated rings. The molecule has 0 spiro atoms. The summed E-state index contributed by atoms with van der Waals surface area (Å²) in [7, 11) is -3.50. The standard InChI is InChI=1S/C22H24ClN3O3S/c1-15(2)16-6-8-20(9-7-16)30(27,28)26-12-10-17(11-13-26)22-24-21(25-29-22)18-4-3-5-19(23)14-18/h3-9,14-15,17H,10-13H2,1-2H3. The Morgan fingerprint density at radius 2 is 1.80 bits per heavy atom. The molecule has 158 valence electrons. The molecule has 0 atom stereocenters. The molecule has 30 heavy (non-hydrogen) atoms. The molecule has 8 heteroatoms. The zero-order chi connectivity index (χ0) is 21.3. The normalized spacial score (nSPS) is 16.3. The highest BCUT2D eigenvalue weighted by Crippen LogP contribution is 2.31. The van der Waals surface area contributed by atoms with Gasteiger partial charge in [0.2, 0.25) is 21.7 Å². The third-order valence-electron chi connectivity index (χ3n) is 5.51. The van der Waals surface area contributed by atoms with E-state index in [9.17, 15) is 8.42 Å². The van der Waals surface area contributed by atoms with Crippen LogP contribution in [0.25, 0.3) is 11.4 Å². The minimum atomic E-state index is -3.50. The smallest absolute Gasteiger partial charge is 0.243 e. The van der Waals surface area contributed by atoms with Gasteiger partial charge in [-0.25, -0.2) is 8.42 Å². The number of piperidine rings is 1. The van der Waals surface area contributed by atoms with E-state index in [-0.39, 0.29) is 5.92 Å². The predicted octanol–water partition coefficient (Wildman–Crippen LogP) is 5.08. The summed E-state index contributed by atoms with van der Waals surface area (Å²) in [6.07, 6.45) is 1.28. The average molecular weight is 446 g/mol. The minimum Gasteiger partial charge on any atom is -0.339 e. The highest BCUT2D eigenvalue weighted by atomic mass is 35.5. The van der Waals surface area contributed by atoms with Crippen LogP contribution in [-0.2, 0) is 10.0 Å². The molecule has 0 bridgehead atoms. The molecule has 6 nitrogen and oxygen atoms in total. The molecule has 1 aliphatic heterocycles. The highest BCUT2D eigenvalue weighted by molar-refractivity contribution is 7.89. The summed E-state index contributed by atoms with van der Waals surface area (Å²) in [5.41, 5.74) is 1.92. The van der Waals surface area contributed by atoms with Crippen molar-refractivity contribution in [3.05, 3.63) is 65.0 Å². The van der Waals surface area contributed by atoms with Crippen molar-refractivity contribution in [3.8, 4) is 11.4 Å². The number of hydrogen-bond donors (Lipinski definition) is 0. The van der Waals surface area contributed by atoms with Crippen LogP contribution >= 0.6 is 11.6 Å². The maximum atomic E-state index is 13.0. The number of benzene rings is 2. The van der Waals surface area contributed by atoms with Crippen LogP contribution in [0, 0.1) is 0 Å². The fourth-order valence-electron chi connectivity index (χ4n) is 3.66. The van der Waals surface area contributed by atoms with Crippen molar-refractivity contribution in [2.24, 2.45) is 0 Å². The molecule has 2 heterocycles. The van der Waals surface area contributed by atoms with Gasteiger partial charge < -0.3 is 4.52 Å². The fraction of sp³-hybridized carbons (Fsp3) is 0.364. The number of rotatable bonds is 5. The van der Waals surface area contributed by atoms with Gasteiger partial charge in [-0.1, -0.05) is 54.9 Å². The summed E-state index contributed by atoms with van der Waals surface area (Å²) in [5.74, 6) is 1.44. The summed E-state index contributed by atoms with van der Waals surface area (Å²) in [6, 6.07) is 14.5. The van der Waals surface area contributed by atoms with Crippen molar-refractivity contribution in [1.29, 1.82) is 0 Å². The Morgan fingerprint density at radius 3 is 2.43 bits per heavy atom. The minimum absolute atomic E-state index is 0.0419. The van der Waals surface area contributed by atoms with E-state index >= 15 is 0 Å². The van der Waals surface area contributed by atoms with Crippen LogP contribution in [0.2, 0.25) is 5.02 Å². The molecular formula is C22H24ClN3O3S. The Morgan fingerprint density at radius 1 is 1.10 bits per heavy atom. The molecule has 3 aromatic rings. The molecule has 0 unspecified atom stereocenters. The molecule has 0 N–H and O–H groups in total. The first-order chi connectivity index (χ1) is 14.3. The van der Waals surface area contributed by atoms with Gasteiger partial charge in [-0.2, -0.15) is 9.29 Å². The molecular weight excluding hydrogens is 422 g/mol. The molecule has 0 amide bonds. The van der Waals surface area contributed by atoms with E-state index < -0.39 is 10.0 Å². The number of nitrogens with zero attached hydrogens (tertiary/aromatic N) is 3. The molecule has 0 aliphatic carbocycles. The lowest BCUT2D eigenvalue weighted by molar-refractivity contribution is 0.271. The van der Waals surface area contributed by atoms with Gasteiger partial charge >= 0.3 is 0 Å². The second-order valence-corrected chi connectivity index (χ2v) is 10.2. The average Bonchev–Trinajstić information content (AvgIpc) is 3.24. The maximum Gasteiger partial charge on any atom is 0.243 e. The Kier molecular flexibility index (Phi) is 5.95. The van der Waals surface area contributed by atoms with Gasteiger partial charge in [-0.05, 0) is 48.6 Å². The Hall–Kier alpha value is -2.22. The molecule has 2 aromatic carbocycles. The van der Waals surface area contributed by atoms with Crippen LogP contribution in [0.4, 0.5) is 0 Å². The van der Waals surface area contributed by atoms with E-state index in [1.54, 1.807) is 28.6 Å². The summed E-state index contributed by atoms with van der Waals surface area (Å²) in [6.45, 7) is 5.02. The van der Waals surface area contributed by atoms with Crippen molar-refractivity contribution in [2.75, 3.05) is 13.1 Å². The lowest BCUT2D eigenvalue weighted by atomic mass is 9.98. The molecule has 1 saturated heterocycles. The number of hydrogen-bond acceptors (Lipinski definition) is 5. The lowest BCUT2D eigenvalue weighted by Gasteiger charge is -2.29. The van der Waals surface area contributed by atoms with Gasteiger partial charge in [0.05, 0.1) is 4.90 Å². The van der Waals surface area contributed by atoms with E-state index in [1.165, 1.54) is 0 Å². The van der Waals surface area contributed by atoms with Gasteiger partial charge in [0.25, 0.3) is 0 Å². The summed E-state index contributed by atoms with van der Waals surface area (Å²) in [4.78, 5) is 4.85. The second kappa shape index (κ2) is 8.49. The van der Waals surface area contributed by atoms with Crippen LogP contribution < -0.4 is 0 Å². The van der Waals surface area contributed by atoms with Crippen molar-refractivity contribution in [3.63, 3.8) is 0 Å². The summed E-state index contributed by atoms with van der Waals surface area (Å²) >= 11 is 6.03. The Bertz CT molecular complexity index is 1120. The molecule has 1 aromatic heterocycles. The Balaban J connectivity index is 1.43. The van der Waals surface area contributed by atoms with E-state index in [2.05, 4.69) is 24.0 Å². The van der Waals surface area contributed by atoms with Crippen LogP contribution in [0.3, 0.4) is 0 Å². The monoisotopic (exact) mass is 445 g/mol. The van der Waals surface area contributed by atoms with Crippen molar-refractivity contribution in [1.82, 2.24) is 14.4 Å². The highest BCUT2D eigenvalue weighted by Gasteiger charge is 2.32. The predicted molar refractivity (Wildman–Crippen MR) is 116 cm³/mol. The van der Waals surface area contributed by atoms with Crippen molar-refractivity contribution < 1.29 is 12.9 Å². The quantitative estimate of drug-likeness (QED) is 0.547. The van der Waals surface area contributed by atoms with Gasteiger partial charge in [0, 0.05) is 29.6 Å². The van der Waals surface area contributed by atoms with Crippen LogP contribution in [-0.4, -0.2) is 36.0 Å². The zero-order valence-corrected chi connectivity index (χ0v) is 18.5. The number of aromatic nitrogens is 2. The zero-order valence-electron chi connectivity index (χ0n) is 17.0. The summed E-state index contributed by atoms with van der Waals surface area (Å²) in [5, 5.41) is 4.67. The van der Waals surface area contributed by atoms with Crippen LogP contribution in [0.5, 0.6) is 0 Å². The van der Waals surface area contributed by atoms with Crippen LogP contribution in [0.1, 0.15) is 50.0 Å². The second-order valence-electron chi connectivity index (χ2n) is 7.87. The van der Waals surface area contributed by atoms with Gasteiger partial charge in [-0.15, -0.1) is 0 Å². The first-order valence-electron chi connectivity index (χ1n) is 10.0. The Labute approximate surface area is 181 Å². The molecule has 0 radical (unpaired) electrons. The van der Waals surface area contributed by atoms with E-state index in [1.807, 2.05) is 24.3 Å². The van der Waals surface area contributed by atoms with Gasteiger partial charge in [-0.3, -0.25) is 0 Å². The first kappa shape index (κ1) is 21.0. The third-order valence-corrected chi connectivity index (χ3v) is 7.66. The van der Waals surface area contributed by atoms with E-state index in [0.29, 0.717) is 53.5 Å². The van der Waals surface area contributed by atoms with Crippen LogP contribution in [0.15, 0.2) is 57.9 Å². The molecule has 4 rings (SSSR count).